The minimum atomic E-state index is -0.807. The van der Waals surface area contributed by atoms with Gasteiger partial charge in [0.05, 0.1) is 25.2 Å². The molecule has 6 heteroatoms. The summed E-state index contributed by atoms with van der Waals surface area (Å²) in [6.07, 6.45) is 63.6. The molecule has 0 spiro atoms. The molecule has 0 aromatic rings. The second-order valence-corrected chi connectivity index (χ2v) is 17.2. The molecule has 0 saturated heterocycles. The lowest BCUT2D eigenvalue weighted by Gasteiger charge is -2.24. The van der Waals surface area contributed by atoms with Crippen LogP contribution in [-0.4, -0.2) is 46.9 Å². The summed E-state index contributed by atoms with van der Waals surface area (Å²) in [5.74, 6) is -0.548. The van der Waals surface area contributed by atoms with Gasteiger partial charge in [0.15, 0.2) is 0 Å². The highest BCUT2D eigenvalue weighted by atomic mass is 16.5. The zero-order valence-electron chi connectivity index (χ0n) is 40.5. The highest BCUT2D eigenvalue weighted by Gasteiger charge is 2.24. The first-order valence-corrected chi connectivity index (χ1v) is 25.8. The quantitative estimate of drug-likeness (QED) is 0.0322. The molecule has 0 bridgehead atoms. The summed E-state index contributed by atoms with van der Waals surface area (Å²) < 4.78 is 5.90. The van der Waals surface area contributed by atoms with Crippen LogP contribution in [0.25, 0.3) is 0 Å². The Kier molecular flexibility index (Phi) is 46.7. The van der Waals surface area contributed by atoms with Crippen LogP contribution in [0.1, 0.15) is 233 Å². The van der Waals surface area contributed by atoms with E-state index in [4.69, 9.17) is 4.74 Å². The van der Waals surface area contributed by atoms with Crippen molar-refractivity contribution in [2.24, 2.45) is 0 Å². The molecule has 3 N–H and O–H groups in total. The van der Waals surface area contributed by atoms with Crippen molar-refractivity contribution in [2.45, 2.75) is 251 Å². The normalized spacial score (nSPS) is 14.0. The molecule has 1 amide bonds. The van der Waals surface area contributed by atoms with E-state index in [1.54, 1.807) is 0 Å². The van der Waals surface area contributed by atoms with E-state index in [0.29, 0.717) is 19.3 Å². The van der Waals surface area contributed by atoms with E-state index in [-0.39, 0.29) is 24.9 Å². The molecular formula is C56H97NO5. The third-order valence-electron chi connectivity index (χ3n) is 11.2. The molecule has 62 heavy (non-hydrogen) atoms. The summed E-state index contributed by atoms with van der Waals surface area (Å²) in [4.78, 5) is 26.1. The molecule has 0 heterocycles. The molecule has 0 aromatic heterocycles. The van der Waals surface area contributed by atoms with Crippen LogP contribution in [0.4, 0.5) is 0 Å². The van der Waals surface area contributed by atoms with Crippen molar-refractivity contribution in [2.75, 3.05) is 6.61 Å². The van der Waals surface area contributed by atoms with Crippen LogP contribution in [0.5, 0.6) is 0 Å². The zero-order valence-corrected chi connectivity index (χ0v) is 40.5. The maximum Gasteiger partial charge on any atom is 0.306 e. The van der Waals surface area contributed by atoms with E-state index in [0.717, 1.165) is 96.3 Å². The number of ether oxygens (including phenoxy) is 1. The van der Waals surface area contributed by atoms with Gasteiger partial charge in [0.1, 0.15) is 6.10 Å². The van der Waals surface area contributed by atoms with Crippen molar-refractivity contribution in [1.29, 1.82) is 0 Å². The standard InChI is InChI=1S/C56H97NO5/c1-4-7-10-13-16-19-22-24-26-27-28-29-30-32-34-37-40-43-46-49-56(61)62-52(47-44-41-38-35-33-31-25-23-20-17-14-11-8-5-2)50-55(60)57-53(51-58)54(59)48-45-42-39-36-21-18-15-12-9-6-3/h8,11,16-17,19-20,24-26,28-29,31,35,38,52-54,58-59H,4-7,9-10,12-15,18,21-23,27,30,32-34,36-37,39-51H2,1-3H3,(H,57,60)/b11-8+,19-16-,20-17+,26-24-,29-28-,31-25+,38-35+. The SMILES string of the molecule is CC/C=C/C/C=C/C/C=C/C/C=C/CCCC(CC(=O)NC(CO)C(O)CCCCCCCCCCCC)OC(=O)CCCCCCCC/C=C\C/C=C\C/C=C\CCCCC. The average Bonchev–Trinajstić information content (AvgIpc) is 3.26. The Labute approximate surface area is 383 Å². The van der Waals surface area contributed by atoms with Gasteiger partial charge in [-0.15, -0.1) is 0 Å². The number of carbonyl (C=O) groups excluding carboxylic acids is 2. The van der Waals surface area contributed by atoms with Gasteiger partial charge in [-0.25, -0.2) is 0 Å². The molecule has 0 aromatic carbocycles. The number of amides is 1. The van der Waals surface area contributed by atoms with E-state index in [1.807, 2.05) is 0 Å². The summed E-state index contributed by atoms with van der Waals surface area (Å²) in [6, 6.07) is -0.725. The van der Waals surface area contributed by atoms with Crippen LogP contribution in [0, 0.1) is 0 Å². The van der Waals surface area contributed by atoms with Crippen LogP contribution < -0.4 is 5.32 Å². The number of hydrogen-bond donors (Lipinski definition) is 3. The second kappa shape index (κ2) is 49.1. The molecule has 6 nitrogen and oxygen atoms in total. The lowest BCUT2D eigenvalue weighted by atomic mass is 10.0. The molecule has 0 aliphatic heterocycles. The van der Waals surface area contributed by atoms with Crippen LogP contribution in [0.2, 0.25) is 0 Å². The van der Waals surface area contributed by atoms with Crippen LogP contribution in [0.15, 0.2) is 85.1 Å². The topological polar surface area (TPSA) is 95.9 Å². The van der Waals surface area contributed by atoms with E-state index in [2.05, 4.69) is 111 Å². The van der Waals surface area contributed by atoms with Crippen molar-refractivity contribution in [3.8, 4) is 0 Å². The largest absolute Gasteiger partial charge is 0.462 e. The number of unbranched alkanes of at least 4 members (excludes halogenated alkanes) is 19. The Bertz CT molecular complexity index is 1200. The first-order chi connectivity index (χ1) is 30.5. The maximum absolute atomic E-state index is 13.2. The van der Waals surface area contributed by atoms with Crippen LogP contribution >= 0.6 is 0 Å². The molecule has 0 rings (SSSR count). The Hall–Kier alpha value is -2.96. The van der Waals surface area contributed by atoms with Gasteiger partial charge in [-0.05, 0) is 96.3 Å². The van der Waals surface area contributed by atoms with E-state index >= 15 is 0 Å². The third kappa shape index (κ3) is 43.7. The third-order valence-corrected chi connectivity index (χ3v) is 11.2. The van der Waals surface area contributed by atoms with Gasteiger partial charge >= 0.3 is 5.97 Å². The molecule has 0 radical (unpaired) electrons. The second-order valence-electron chi connectivity index (χ2n) is 17.2. The molecule has 0 saturated carbocycles. The maximum atomic E-state index is 13.2. The Morgan fingerprint density at radius 3 is 1.39 bits per heavy atom. The fourth-order valence-electron chi connectivity index (χ4n) is 7.32. The summed E-state index contributed by atoms with van der Waals surface area (Å²) in [6.45, 7) is 6.30. The van der Waals surface area contributed by atoms with Gasteiger partial charge in [-0.3, -0.25) is 9.59 Å². The predicted octanol–water partition coefficient (Wildman–Crippen LogP) is 15.6. The van der Waals surface area contributed by atoms with Gasteiger partial charge in [-0.2, -0.15) is 0 Å². The summed E-state index contributed by atoms with van der Waals surface area (Å²) in [7, 11) is 0. The molecule has 3 atom stereocenters. The zero-order chi connectivity index (χ0) is 45.2. The van der Waals surface area contributed by atoms with Gasteiger partial charge in [0, 0.05) is 6.42 Å². The Balaban J connectivity index is 4.67. The fraction of sp³-hybridized carbons (Fsp3) is 0.714. The molecule has 0 fully saturated rings. The predicted molar refractivity (Wildman–Crippen MR) is 268 cm³/mol. The monoisotopic (exact) mass is 864 g/mol. The number of carbonyl (C=O) groups is 2. The van der Waals surface area contributed by atoms with Crippen molar-refractivity contribution >= 4 is 11.9 Å². The number of hydrogen-bond acceptors (Lipinski definition) is 5. The summed E-state index contributed by atoms with van der Waals surface area (Å²) >= 11 is 0. The summed E-state index contributed by atoms with van der Waals surface area (Å²) in [5.41, 5.74) is 0. The smallest absolute Gasteiger partial charge is 0.306 e. The lowest BCUT2D eigenvalue weighted by Crippen LogP contribution is -2.46. The lowest BCUT2D eigenvalue weighted by molar-refractivity contribution is -0.151. The van der Waals surface area contributed by atoms with E-state index in [9.17, 15) is 19.8 Å². The molecule has 0 aliphatic carbocycles. The van der Waals surface area contributed by atoms with Crippen LogP contribution in [0.3, 0.4) is 0 Å². The molecule has 3 unspecified atom stereocenters. The highest BCUT2D eigenvalue weighted by Crippen LogP contribution is 2.16. The number of esters is 1. The first kappa shape index (κ1) is 59.0. The highest BCUT2D eigenvalue weighted by molar-refractivity contribution is 5.77. The summed E-state index contributed by atoms with van der Waals surface area (Å²) in [5, 5.41) is 23.7. The minimum Gasteiger partial charge on any atom is -0.462 e. The van der Waals surface area contributed by atoms with Crippen molar-refractivity contribution < 1.29 is 24.5 Å². The minimum absolute atomic E-state index is 0.0304. The van der Waals surface area contributed by atoms with Crippen molar-refractivity contribution in [1.82, 2.24) is 5.32 Å². The average molecular weight is 864 g/mol. The molecule has 356 valence electrons. The first-order valence-electron chi connectivity index (χ1n) is 25.8. The number of allylic oxidation sites excluding steroid dienone is 14. The van der Waals surface area contributed by atoms with Gasteiger partial charge in [0.2, 0.25) is 5.91 Å². The van der Waals surface area contributed by atoms with Crippen molar-refractivity contribution in [3.05, 3.63) is 85.1 Å². The number of rotatable bonds is 45. The van der Waals surface area contributed by atoms with Gasteiger partial charge < -0.3 is 20.3 Å². The van der Waals surface area contributed by atoms with Gasteiger partial charge in [-0.1, -0.05) is 209 Å². The van der Waals surface area contributed by atoms with Gasteiger partial charge in [0.25, 0.3) is 0 Å². The number of nitrogens with one attached hydrogen (secondary N) is 1. The van der Waals surface area contributed by atoms with E-state index < -0.39 is 18.2 Å². The number of aliphatic hydroxyl groups excluding tert-OH is 2. The van der Waals surface area contributed by atoms with Crippen LogP contribution in [-0.2, 0) is 14.3 Å². The fourth-order valence-corrected chi connectivity index (χ4v) is 7.32. The number of aliphatic hydroxyl groups is 2. The Morgan fingerprint density at radius 2 is 0.887 bits per heavy atom. The molecular weight excluding hydrogens is 767 g/mol. The molecule has 0 aliphatic rings. The van der Waals surface area contributed by atoms with E-state index in [1.165, 1.54) is 89.9 Å². The van der Waals surface area contributed by atoms with Crippen molar-refractivity contribution in [3.63, 3.8) is 0 Å². The Morgan fingerprint density at radius 1 is 0.484 bits per heavy atom.